The van der Waals surface area contributed by atoms with Gasteiger partial charge in [-0.15, -0.1) is 24.0 Å². The van der Waals surface area contributed by atoms with Gasteiger partial charge in [-0.05, 0) is 24.1 Å². The summed E-state index contributed by atoms with van der Waals surface area (Å²) < 4.78 is 17.2. The van der Waals surface area contributed by atoms with Gasteiger partial charge in [0.1, 0.15) is 6.10 Å². The van der Waals surface area contributed by atoms with Crippen molar-refractivity contribution in [1.82, 2.24) is 0 Å². The highest BCUT2D eigenvalue weighted by Crippen LogP contribution is 2.33. The van der Waals surface area contributed by atoms with Crippen molar-refractivity contribution < 1.29 is 14.2 Å². The number of anilines is 1. The Morgan fingerprint density at radius 1 is 1.38 bits per heavy atom. The minimum absolute atomic E-state index is 0. The number of nitrogens with zero attached hydrogens (tertiary/aromatic N) is 1. The zero-order valence-electron chi connectivity index (χ0n) is 14.0. The maximum atomic E-state index is 6.03. The van der Waals surface area contributed by atoms with E-state index >= 15 is 0 Å². The number of aryl methyl sites for hydroxylation is 1. The molecule has 2 heterocycles. The van der Waals surface area contributed by atoms with Gasteiger partial charge in [0, 0.05) is 18.5 Å². The van der Waals surface area contributed by atoms with Crippen LogP contribution in [0, 0.1) is 0 Å². The molecule has 0 radical (unpaired) electrons. The van der Waals surface area contributed by atoms with E-state index in [4.69, 9.17) is 19.9 Å². The second kappa shape index (κ2) is 8.98. The molecule has 3 rings (SSSR count). The largest absolute Gasteiger partial charge is 0.381 e. The Morgan fingerprint density at radius 3 is 2.92 bits per heavy atom. The third-order valence-electron chi connectivity index (χ3n) is 4.24. The summed E-state index contributed by atoms with van der Waals surface area (Å²) in [4.78, 5) is 4.38. The summed E-state index contributed by atoms with van der Waals surface area (Å²) in [7, 11) is 0. The Morgan fingerprint density at radius 2 is 2.17 bits per heavy atom. The van der Waals surface area contributed by atoms with Gasteiger partial charge in [-0.3, -0.25) is 4.99 Å². The van der Waals surface area contributed by atoms with E-state index in [2.05, 4.69) is 29.4 Å². The number of halogens is 1. The predicted molar refractivity (Wildman–Crippen MR) is 105 cm³/mol. The molecule has 0 amide bonds. The summed E-state index contributed by atoms with van der Waals surface area (Å²) in [6.45, 7) is 4.55. The van der Waals surface area contributed by atoms with Gasteiger partial charge in [0.15, 0.2) is 11.7 Å². The number of hydrogen-bond donors (Lipinski definition) is 2. The molecule has 2 aliphatic rings. The number of hydrogen-bond acceptors (Lipinski definition) is 4. The van der Waals surface area contributed by atoms with Crippen molar-refractivity contribution in [2.24, 2.45) is 10.7 Å². The summed E-state index contributed by atoms with van der Waals surface area (Å²) in [6.07, 6.45) is 2.51. The van der Waals surface area contributed by atoms with E-state index in [0.29, 0.717) is 32.3 Å². The Hall–Kier alpha value is -0.900. The number of aliphatic imine (C=N–C) groups is 1. The van der Waals surface area contributed by atoms with Crippen LogP contribution < -0.4 is 11.1 Å². The van der Waals surface area contributed by atoms with Crippen LogP contribution in [0.25, 0.3) is 0 Å². The van der Waals surface area contributed by atoms with Crippen molar-refractivity contribution in [2.45, 2.75) is 38.1 Å². The standard InChI is InChI=1S/C17H25N3O3.HI/c1-2-13-4-3-5-14(10-13)20-16(18)19-11-15-12-22-17(23-15)6-8-21-9-7-17;/h3-5,10,15H,2,6-9,11-12H2,1H3,(H3,18,19,20);1H. The van der Waals surface area contributed by atoms with E-state index in [9.17, 15) is 0 Å². The third kappa shape index (κ3) is 5.05. The highest BCUT2D eigenvalue weighted by atomic mass is 127. The highest BCUT2D eigenvalue weighted by molar-refractivity contribution is 14.0. The Balaban J connectivity index is 0.00000208. The molecule has 7 heteroatoms. The van der Waals surface area contributed by atoms with Gasteiger partial charge in [-0.2, -0.15) is 0 Å². The van der Waals surface area contributed by atoms with E-state index in [-0.39, 0.29) is 30.1 Å². The van der Waals surface area contributed by atoms with Crippen molar-refractivity contribution in [3.05, 3.63) is 29.8 Å². The average Bonchev–Trinajstić information content (AvgIpc) is 2.96. The molecule has 1 aromatic rings. The fraction of sp³-hybridized carbons (Fsp3) is 0.588. The highest BCUT2D eigenvalue weighted by Gasteiger charge is 2.42. The predicted octanol–water partition coefficient (Wildman–Crippen LogP) is 2.52. The van der Waals surface area contributed by atoms with Crippen LogP contribution in [-0.4, -0.2) is 44.2 Å². The molecular weight excluding hydrogens is 421 g/mol. The van der Waals surface area contributed by atoms with Crippen molar-refractivity contribution in [1.29, 1.82) is 0 Å². The van der Waals surface area contributed by atoms with E-state index in [1.165, 1.54) is 5.56 Å². The molecule has 1 unspecified atom stereocenters. The number of benzene rings is 1. The minimum Gasteiger partial charge on any atom is -0.381 e. The molecule has 2 fully saturated rings. The third-order valence-corrected chi connectivity index (χ3v) is 4.24. The number of ether oxygens (including phenoxy) is 3. The van der Waals surface area contributed by atoms with Gasteiger partial charge in [-0.25, -0.2) is 0 Å². The van der Waals surface area contributed by atoms with Gasteiger partial charge in [-0.1, -0.05) is 19.1 Å². The molecule has 1 spiro atoms. The van der Waals surface area contributed by atoms with E-state index in [0.717, 1.165) is 24.9 Å². The molecule has 0 saturated carbocycles. The van der Waals surface area contributed by atoms with Crippen LogP contribution in [-0.2, 0) is 20.6 Å². The van der Waals surface area contributed by atoms with Crippen molar-refractivity contribution in [3.8, 4) is 0 Å². The first-order chi connectivity index (χ1) is 11.2. The molecule has 2 saturated heterocycles. The fourth-order valence-electron chi connectivity index (χ4n) is 2.91. The molecule has 1 aromatic carbocycles. The Bertz CT molecular complexity index is 562. The molecule has 6 nitrogen and oxygen atoms in total. The summed E-state index contributed by atoms with van der Waals surface area (Å²) in [5.74, 6) is -0.0643. The Labute approximate surface area is 160 Å². The zero-order valence-corrected chi connectivity index (χ0v) is 16.3. The summed E-state index contributed by atoms with van der Waals surface area (Å²) in [6, 6.07) is 8.16. The van der Waals surface area contributed by atoms with E-state index in [1.54, 1.807) is 0 Å². The zero-order chi connectivity index (χ0) is 16.1. The topological polar surface area (TPSA) is 78.1 Å². The molecule has 2 aliphatic heterocycles. The van der Waals surface area contributed by atoms with Gasteiger partial charge in [0.05, 0.1) is 26.4 Å². The summed E-state index contributed by atoms with van der Waals surface area (Å²) >= 11 is 0. The average molecular weight is 447 g/mol. The van der Waals surface area contributed by atoms with Crippen molar-refractivity contribution in [2.75, 3.05) is 31.7 Å². The van der Waals surface area contributed by atoms with Crippen LogP contribution in [0.2, 0.25) is 0 Å². The van der Waals surface area contributed by atoms with Crippen molar-refractivity contribution in [3.63, 3.8) is 0 Å². The number of nitrogens with one attached hydrogen (secondary N) is 1. The van der Waals surface area contributed by atoms with Crippen LogP contribution >= 0.6 is 24.0 Å². The quantitative estimate of drug-likeness (QED) is 0.422. The Kier molecular flexibility index (Phi) is 7.27. The summed E-state index contributed by atoms with van der Waals surface area (Å²) in [5.41, 5.74) is 8.18. The summed E-state index contributed by atoms with van der Waals surface area (Å²) in [5, 5.41) is 3.12. The van der Waals surface area contributed by atoms with Gasteiger partial charge >= 0.3 is 0 Å². The maximum Gasteiger partial charge on any atom is 0.193 e. The lowest BCUT2D eigenvalue weighted by atomic mass is 10.1. The maximum absolute atomic E-state index is 6.03. The molecule has 0 aromatic heterocycles. The number of guanidine groups is 1. The van der Waals surface area contributed by atoms with Crippen LogP contribution in [0.4, 0.5) is 5.69 Å². The first-order valence-corrected chi connectivity index (χ1v) is 8.24. The minimum atomic E-state index is -0.462. The molecule has 134 valence electrons. The second-order valence-corrected chi connectivity index (χ2v) is 5.98. The van der Waals surface area contributed by atoms with E-state index < -0.39 is 5.79 Å². The van der Waals surface area contributed by atoms with Gasteiger partial charge in [0.2, 0.25) is 0 Å². The lowest BCUT2D eigenvalue weighted by Crippen LogP contribution is -2.38. The lowest BCUT2D eigenvalue weighted by Gasteiger charge is -2.31. The van der Waals surface area contributed by atoms with Crippen molar-refractivity contribution >= 4 is 35.6 Å². The van der Waals surface area contributed by atoms with Crippen LogP contribution in [0.15, 0.2) is 29.3 Å². The lowest BCUT2D eigenvalue weighted by molar-refractivity contribution is -0.210. The van der Waals surface area contributed by atoms with Crippen LogP contribution in [0.1, 0.15) is 25.3 Å². The first-order valence-electron chi connectivity index (χ1n) is 8.24. The molecule has 3 N–H and O–H groups in total. The SMILES string of the molecule is CCc1cccc(NC(N)=NCC2COC3(CCOCC3)O2)c1.I. The monoisotopic (exact) mass is 447 g/mol. The van der Waals surface area contributed by atoms with Gasteiger partial charge < -0.3 is 25.3 Å². The molecule has 0 bridgehead atoms. The molecule has 1 atom stereocenters. The first kappa shape index (κ1) is 19.4. The van der Waals surface area contributed by atoms with Crippen LogP contribution in [0.3, 0.4) is 0 Å². The molecular formula is C17H26IN3O3. The fourth-order valence-corrected chi connectivity index (χ4v) is 2.91. The second-order valence-electron chi connectivity index (χ2n) is 5.98. The smallest absolute Gasteiger partial charge is 0.193 e. The number of nitrogens with two attached hydrogens (primary N) is 1. The molecule has 24 heavy (non-hydrogen) atoms. The normalized spacial score (nSPS) is 23.0. The van der Waals surface area contributed by atoms with Crippen LogP contribution in [0.5, 0.6) is 0 Å². The number of rotatable bonds is 4. The molecule has 0 aliphatic carbocycles. The van der Waals surface area contributed by atoms with Gasteiger partial charge in [0.25, 0.3) is 0 Å². The van der Waals surface area contributed by atoms with E-state index in [1.807, 2.05) is 12.1 Å².